The lowest BCUT2D eigenvalue weighted by molar-refractivity contribution is -0.383. The molecule has 0 atom stereocenters. The van der Waals surface area contributed by atoms with Crippen LogP contribution in [0.25, 0.3) is 0 Å². The van der Waals surface area contributed by atoms with Crippen molar-refractivity contribution in [1.29, 1.82) is 0 Å². The van der Waals surface area contributed by atoms with Crippen LogP contribution in [0.5, 0.6) is 11.5 Å². The monoisotopic (exact) mass is 462 g/mol. The number of nitro groups is 1. The van der Waals surface area contributed by atoms with Crippen molar-refractivity contribution in [3.05, 3.63) is 64.0 Å². The van der Waals surface area contributed by atoms with E-state index in [9.17, 15) is 10.1 Å². The van der Waals surface area contributed by atoms with Crippen molar-refractivity contribution in [2.45, 2.75) is 13.8 Å². The molecule has 0 spiro atoms. The molecule has 10 nitrogen and oxygen atoms in total. The maximum atomic E-state index is 12.1. The van der Waals surface area contributed by atoms with Crippen LogP contribution < -0.4 is 24.6 Å². The minimum absolute atomic E-state index is 0.141. The quantitative estimate of drug-likeness (QED) is 0.447. The SMILES string of the molecule is Cc1cccc(N2CCN(c3ncnc(Nc4ccc5c(c4)OCCO5)c3[N+](=O)[O-])CC2)c1C. The maximum absolute atomic E-state index is 12.1. The minimum atomic E-state index is -0.424. The zero-order valence-electron chi connectivity index (χ0n) is 19.2. The number of fused-ring (bicyclic) bond motifs is 1. The first-order valence-electron chi connectivity index (χ1n) is 11.2. The molecule has 2 aliphatic heterocycles. The van der Waals surface area contributed by atoms with Crippen molar-refractivity contribution in [2.24, 2.45) is 0 Å². The zero-order chi connectivity index (χ0) is 23.7. The van der Waals surface area contributed by atoms with Crippen molar-refractivity contribution >= 4 is 28.7 Å². The van der Waals surface area contributed by atoms with Crippen LogP contribution in [0, 0.1) is 24.0 Å². The summed E-state index contributed by atoms with van der Waals surface area (Å²) >= 11 is 0. The van der Waals surface area contributed by atoms with Gasteiger partial charge < -0.3 is 24.6 Å². The van der Waals surface area contributed by atoms with Crippen LogP contribution in [0.1, 0.15) is 11.1 Å². The molecule has 3 aromatic rings. The third-order valence-corrected chi connectivity index (χ3v) is 6.29. The van der Waals surface area contributed by atoms with E-state index in [2.05, 4.69) is 52.2 Å². The second-order valence-corrected chi connectivity index (χ2v) is 8.33. The molecule has 2 aliphatic rings. The highest BCUT2D eigenvalue weighted by Gasteiger charge is 2.30. The van der Waals surface area contributed by atoms with Crippen LogP contribution in [-0.2, 0) is 0 Å². The summed E-state index contributed by atoms with van der Waals surface area (Å²) in [4.78, 5) is 24.4. The number of hydrogen-bond donors (Lipinski definition) is 1. The second-order valence-electron chi connectivity index (χ2n) is 8.33. The Morgan fingerprint density at radius 1 is 0.971 bits per heavy atom. The number of nitrogens with zero attached hydrogens (tertiary/aromatic N) is 5. The number of hydrogen-bond acceptors (Lipinski definition) is 9. The molecule has 1 aromatic heterocycles. The highest BCUT2D eigenvalue weighted by Crippen LogP contribution is 2.37. The van der Waals surface area contributed by atoms with Crippen LogP contribution in [0.15, 0.2) is 42.7 Å². The fourth-order valence-electron chi connectivity index (χ4n) is 4.36. The number of nitrogens with one attached hydrogen (secondary N) is 1. The first kappa shape index (κ1) is 21.7. The molecule has 10 heteroatoms. The zero-order valence-corrected chi connectivity index (χ0v) is 19.2. The van der Waals surface area contributed by atoms with Gasteiger partial charge in [0.15, 0.2) is 11.5 Å². The summed E-state index contributed by atoms with van der Waals surface area (Å²) in [5.74, 6) is 1.71. The van der Waals surface area contributed by atoms with Gasteiger partial charge in [0.05, 0.1) is 4.92 Å². The Morgan fingerprint density at radius 2 is 1.71 bits per heavy atom. The van der Waals surface area contributed by atoms with Gasteiger partial charge in [-0.15, -0.1) is 0 Å². The number of ether oxygens (including phenoxy) is 2. The third kappa shape index (κ3) is 4.14. The van der Waals surface area contributed by atoms with Crippen LogP contribution in [-0.4, -0.2) is 54.3 Å². The molecular formula is C24H26N6O4. The van der Waals surface area contributed by atoms with Crippen molar-refractivity contribution in [3.63, 3.8) is 0 Å². The van der Waals surface area contributed by atoms with Crippen LogP contribution in [0.4, 0.5) is 28.7 Å². The lowest BCUT2D eigenvalue weighted by Gasteiger charge is -2.37. The summed E-state index contributed by atoms with van der Waals surface area (Å²) in [6.45, 7) is 7.92. The van der Waals surface area contributed by atoms with Gasteiger partial charge in [0.1, 0.15) is 19.5 Å². The molecule has 34 heavy (non-hydrogen) atoms. The van der Waals surface area contributed by atoms with E-state index < -0.39 is 4.92 Å². The van der Waals surface area contributed by atoms with Crippen LogP contribution in [0.3, 0.4) is 0 Å². The van der Waals surface area contributed by atoms with Gasteiger partial charge in [-0.3, -0.25) is 10.1 Å². The number of aryl methyl sites for hydroxylation is 1. The van der Waals surface area contributed by atoms with E-state index >= 15 is 0 Å². The van der Waals surface area contributed by atoms with Gasteiger partial charge in [-0.1, -0.05) is 12.1 Å². The van der Waals surface area contributed by atoms with E-state index in [4.69, 9.17) is 9.47 Å². The van der Waals surface area contributed by atoms with Crippen molar-refractivity contribution in [1.82, 2.24) is 9.97 Å². The van der Waals surface area contributed by atoms with E-state index in [0.29, 0.717) is 49.3 Å². The fourth-order valence-corrected chi connectivity index (χ4v) is 4.36. The van der Waals surface area contributed by atoms with Gasteiger partial charge in [-0.05, 0) is 43.2 Å². The van der Waals surface area contributed by atoms with E-state index in [-0.39, 0.29) is 11.5 Å². The second kappa shape index (κ2) is 9.05. The molecule has 1 fully saturated rings. The molecule has 0 unspecified atom stereocenters. The number of rotatable bonds is 5. The third-order valence-electron chi connectivity index (χ3n) is 6.29. The average molecular weight is 463 g/mol. The molecule has 2 aromatic carbocycles. The predicted molar refractivity (Wildman–Crippen MR) is 130 cm³/mol. The van der Waals surface area contributed by atoms with E-state index in [1.807, 2.05) is 4.90 Å². The average Bonchev–Trinajstić information content (AvgIpc) is 2.85. The van der Waals surface area contributed by atoms with E-state index in [1.54, 1.807) is 18.2 Å². The molecule has 1 N–H and O–H groups in total. The number of aromatic nitrogens is 2. The van der Waals surface area contributed by atoms with Crippen LogP contribution in [0.2, 0.25) is 0 Å². The Labute approximate surface area is 197 Å². The Balaban J connectivity index is 1.37. The molecule has 0 saturated carbocycles. The van der Waals surface area contributed by atoms with Gasteiger partial charge in [-0.2, -0.15) is 0 Å². The van der Waals surface area contributed by atoms with Crippen molar-refractivity contribution in [3.8, 4) is 11.5 Å². The van der Waals surface area contributed by atoms with Gasteiger partial charge in [0.25, 0.3) is 0 Å². The molecule has 176 valence electrons. The lowest BCUT2D eigenvalue weighted by Crippen LogP contribution is -2.47. The minimum Gasteiger partial charge on any atom is -0.486 e. The summed E-state index contributed by atoms with van der Waals surface area (Å²) in [6.07, 6.45) is 1.36. The molecule has 3 heterocycles. The topological polar surface area (TPSA) is 106 Å². The van der Waals surface area contributed by atoms with E-state index in [0.717, 1.165) is 13.1 Å². The summed E-state index contributed by atoms with van der Waals surface area (Å²) in [5, 5.41) is 15.1. The fraction of sp³-hybridized carbons (Fsp3) is 0.333. The molecule has 5 rings (SSSR count). The van der Waals surface area contributed by atoms with E-state index in [1.165, 1.54) is 23.1 Å². The Hall–Kier alpha value is -4.08. The van der Waals surface area contributed by atoms with Gasteiger partial charge in [0, 0.05) is 43.6 Å². The summed E-state index contributed by atoms with van der Waals surface area (Å²) < 4.78 is 11.2. The first-order chi connectivity index (χ1) is 16.5. The summed E-state index contributed by atoms with van der Waals surface area (Å²) in [5.41, 5.74) is 4.20. The standard InChI is InChI=1S/C24H26N6O4/c1-16-4-3-5-19(17(16)2)28-8-10-29(11-9-28)24-22(30(31)32)23(25-15-26-24)27-18-6-7-20-21(14-18)34-13-12-33-20/h3-7,14-15H,8-13H2,1-2H3,(H,25,26,27). The normalized spacial score (nSPS) is 15.2. The Bertz CT molecular complexity index is 1230. The van der Waals surface area contributed by atoms with Gasteiger partial charge in [-0.25, -0.2) is 9.97 Å². The highest BCUT2D eigenvalue weighted by atomic mass is 16.6. The number of anilines is 4. The van der Waals surface area contributed by atoms with Crippen LogP contribution >= 0.6 is 0 Å². The number of benzene rings is 2. The lowest BCUT2D eigenvalue weighted by atomic mass is 10.1. The largest absolute Gasteiger partial charge is 0.486 e. The molecule has 0 radical (unpaired) electrons. The summed E-state index contributed by atoms with van der Waals surface area (Å²) in [7, 11) is 0. The van der Waals surface area contributed by atoms with Crippen molar-refractivity contribution < 1.29 is 14.4 Å². The molecular weight excluding hydrogens is 436 g/mol. The van der Waals surface area contributed by atoms with Crippen molar-refractivity contribution in [2.75, 3.05) is 54.5 Å². The Morgan fingerprint density at radius 3 is 2.47 bits per heavy atom. The number of piperazine rings is 1. The Kier molecular flexibility index (Phi) is 5.79. The molecule has 0 aliphatic carbocycles. The maximum Gasteiger partial charge on any atom is 0.353 e. The first-order valence-corrected chi connectivity index (χ1v) is 11.2. The molecule has 0 amide bonds. The molecule has 0 bridgehead atoms. The summed E-state index contributed by atoms with van der Waals surface area (Å²) in [6, 6.07) is 11.6. The highest BCUT2D eigenvalue weighted by molar-refractivity contribution is 5.75. The van der Waals surface area contributed by atoms with Gasteiger partial charge >= 0.3 is 5.69 Å². The predicted octanol–water partition coefficient (Wildman–Crippen LogP) is 3.84. The molecule has 1 saturated heterocycles. The smallest absolute Gasteiger partial charge is 0.353 e. The van der Waals surface area contributed by atoms with Gasteiger partial charge in [0.2, 0.25) is 11.6 Å².